The molecule has 1 atom stereocenters. The van der Waals surface area contributed by atoms with E-state index < -0.39 is 0 Å². The number of hydrogen-bond donors (Lipinski definition) is 0. The fourth-order valence-corrected chi connectivity index (χ4v) is 3.69. The van der Waals surface area contributed by atoms with Crippen molar-refractivity contribution in [2.75, 3.05) is 4.90 Å². The molecule has 0 fully saturated rings. The van der Waals surface area contributed by atoms with Crippen molar-refractivity contribution in [1.29, 1.82) is 0 Å². The third-order valence-corrected chi connectivity index (χ3v) is 4.98. The Bertz CT molecular complexity index is 1140. The summed E-state index contributed by atoms with van der Waals surface area (Å²) in [5, 5.41) is 8.64. The Kier molecular flexibility index (Phi) is 3.98. The highest BCUT2D eigenvalue weighted by atomic mass is 35.5. The normalized spacial score (nSPS) is 15.2. The van der Waals surface area contributed by atoms with Crippen molar-refractivity contribution in [3.63, 3.8) is 0 Å². The number of fused-ring (bicyclic) bond motifs is 3. The number of halogens is 1. The van der Waals surface area contributed by atoms with E-state index in [1.165, 1.54) is 6.33 Å². The molecule has 0 aliphatic carbocycles. The van der Waals surface area contributed by atoms with Crippen LogP contribution in [0.1, 0.15) is 25.2 Å². The van der Waals surface area contributed by atoms with Gasteiger partial charge in [-0.1, -0.05) is 19.1 Å². The zero-order valence-corrected chi connectivity index (χ0v) is 15.7. The van der Waals surface area contributed by atoms with E-state index in [0.717, 1.165) is 40.6 Å². The minimum absolute atomic E-state index is 0.0387. The van der Waals surface area contributed by atoms with E-state index in [2.05, 4.69) is 48.0 Å². The number of nitrogens with zero attached hydrogens (tertiary/aromatic N) is 8. The molecule has 28 heavy (non-hydrogen) atoms. The van der Waals surface area contributed by atoms with Crippen LogP contribution in [0.5, 0.6) is 0 Å². The highest BCUT2D eigenvalue weighted by Crippen LogP contribution is 2.43. The molecule has 1 aromatic carbocycles. The second-order valence-electron chi connectivity index (χ2n) is 6.38. The van der Waals surface area contributed by atoms with Crippen LogP contribution in [0, 0.1) is 0 Å². The first-order valence-corrected chi connectivity index (χ1v) is 9.21. The van der Waals surface area contributed by atoms with Crippen LogP contribution in [0.4, 0.5) is 11.5 Å². The summed E-state index contributed by atoms with van der Waals surface area (Å²) in [5.41, 5.74) is 3.72. The van der Waals surface area contributed by atoms with E-state index in [9.17, 15) is 0 Å². The average Bonchev–Trinajstić information content (AvgIpc) is 3.23. The van der Waals surface area contributed by atoms with Gasteiger partial charge in [0.15, 0.2) is 11.6 Å². The van der Waals surface area contributed by atoms with Gasteiger partial charge in [0.05, 0.1) is 12.2 Å². The summed E-state index contributed by atoms with van der Waals surface area (Å²) in [5.74, 6) is 1.56. The number of hydrogen-bond acceptors (Lipinski definition) is 7. The topological polar surface area (TPSA) is 85.5 Å². The molecule has 0 saturated heterocycles. The Labute approximate surface area is 165 Å². The van der Waals surface area contributed by atoms with Crippen LogP contribution < -0.4 is 4.90 Å². The van der Waals surface area contributed by atoms with E-state index >= 15 is 0 Å². The molecule has 0 saturated carbocycles. The summed E-state index contributed by atoms with van der Waals surface area (Å²) in [7, 11) is 0. The van der Waals surface area contributed by atoms with E-state index in [1.54, 1.807) is 24.9 Å². The standard InChI is InChI=1S/C19H15ClN8/c1-2-15-18-26-24-11-27(18)16-9-23-19(20)25-17(16)28(15)14-5-3-4-12(6-14)13-7-21-10-22-8-13/h3-11,15H,2H2,1H3. The molecule has 0 radical (unpaired) electrons. The molecule has 4 heterocycles. The van der Waals surface area contributed by atoms with E-state index in [0.29, 0.717) is 0 Å². The fraction of sp³-hybridized carbons (Fsp3) is 0.158. The maximum absolute atomic E-state index is 6.14. The van der Waals surface area contributed by atoms with Crippen molar-refractivity contribution in [3.05, 3.63) is 66.6 Å². The van der Waals surface area contributed by atoms with Crippen molar-refractivity contribution in [3.8, 4) is 16.8 Å². The first-order chi connectivity index (χ1) is 13.8. The maximum atomic E-state index is 6.14. The lowest BCUT2D eigenvalue weighted by Gasteiger charge is -2.36. The second kappa shape index (κ2) is 6.65. The predicted octanol–water partition coefficient (Wildman–Crippen LogP) is 3.77. The van der Waals surface area contributed by atoms with Gasteiger partial charge in [0, 0.05) is 23.6 Å². The van der Waals surface area contributed by atoms with Crippen LogP contribution in [-0.2, 0) is 0 Å². The summed E-state index contributed by atoms with van der Waals surface area (Å²) < 4.78 is 1.92. The Balaban J connectivity index is 1.70. The Morgan fingerprint density at radius 2 is 1.96 bits per heavy atom. The highest BCUT2D eigenvalue weighted by molar-refractivity contribution is 6.28. The first-order valence-electron chi connectivity index (χ1n) is 8.83. The van der Waals surface area contributed by atoms with Gasteiger partial charge in [-0.3, -0.25) is 4.57 Å². The molecule has 3 aromatic heterocycles. The monoisotopic (exact) mass is 390 g/mol. The van der Waals surface area contributed by atoms with Gasteiger partial charge in [-0.15, -0.1) is 10.2 Å². The maximum Gasteiger partial charge on any atom is 0.224 e. The number of anilines is 2. The van der Waals surface area contributed by atoms with Crippen molar-refractivity contribution in [1.82, 2.24) is 34.7 Å². The van der Waals surface area contributed by atoms with Crippen LogP contribution in [0.15, 0.2) is 55.5 Å². The minimum Gasteiger partial charge on any atom is -0.314 e. The second-order valence-corrected chi connectivity index (χ2v) is 6.72. The Morgan fingerprint density at radius 3 is 2.79 bits per heavy atom. The largest absolute Gasteiger partial charge is 0.314 e. The molecule has 0 N–H and O–H groups in total. The summed E-state index contributed by atoms with van der Waals surface area (Å²) in [6.07, 6.45) is 9.31. The molecule has 0 spiro atoms. The Morgan fingerprint density at radius 1 is 1.11 bits per heavy atom. The third kappa shape index (κ3) is 2.61. The van der Waals surface area contributed by atoms with Crippen LogP contribution in [0.25, 0.3) is 16.8 Å². The summed E-state index contributed by atoms with van der Waals surface area (Å²) in [4.78, 5) is 19.1. The zero-order chi connectivity index (χ0) is 19.1. The smallest absolute Gasteiger partial charge is 0.224 e. The molecule has 138 valence electrons. The van der Waals surface area contributed by atoms with E-state index in [1.807, 2.05) is 22.8 Å². The van der Waals surface area contributed by atoms with Crippen LogP contribution in [0.3, 0.4) is 0 Å². The lowest BCUT2D eigenvalue weighted by molar-refractivity contribution is 0.589. The van der Waals surface area contributed by atoms with Crippen LogP contribution >= 0.6 is 11.6 Å². The Hall–Kier alpha value is -3.39. The molecule has 9 heteroatoms. The van der Waals surface area contributed by atoms with Gasteiger partial charge in [0.2, 0.25) is 5.28 Å². The molecule has 0 amide bonds. The molecular formula is C19H15ClN8. The number of rotatable bonds is 3. The lowest BCUT2D eigenvalue weighted by Crippen LogP contribution is -2.32. The minimum atomic E-state index is -0.0387. The predicted molar refractivity (Wildman–Crippen MR) is 105 cm³/mol. The highest BCUT2D eigenvalue weighted by Gasteiger charge is 2.34. The third-order valence-electron chi connectivity index (χ3n) is 4.80. The van der Waals surface area contributed by atoms with E-state index in [-0.39, 0.29) is 11.3 Å². The molecule has 5 rings (SSSR count). The van der Waals surface area contributed by atoms with Crippen LogP contribution in [-0.4, -0.2) is 34.7 Å². The summed E-state index contributed by atoms with van der Waals surface area (Å²) >= 11 is 6.14. The molecule has 1 unspecified atom stereocenters. The van der Waals surface area contributed by atoms with Gasteiger partial charge in [0.1, 0.15) is 18.3 Å². The average molecular weight is 391 g/mol. The summed E-state index contributed by atoms with van der Waals surface area (Å²) in [6, 6.07) is 8.13. The van der Waals surface area contributed by atoms with Crippen molar-refractivity contribution in [2.24, 2.45) is 0 Å². The van der Waals surface area contributed by atoms with Gasteiger partial charge in [-0.25, -0.2) is 15.0 Å². The quantitative estimate of drug-likeness (QED) is 0.492. The van der Waals surface area contributed by atoms with Crippen molar-refractivity contribution < 1.29 is 0 Å². The van der Waals surface area contributed by atoms with Gasteiger partial charge in [-0.05, 0) is 35.7 Å². The first kappa shape index (κ1) is 16.8. The molecule has 1 aliphatic rings. The van der Waals surface area contributed by atoms with Gasteiger partial charge >= 0.3 is 0 Å². The van der Waals surface area contributed by atoms with Gasteiger partial charge in [0.25, 0.3) is 0 Å². The SMILES string of the molecule is CCC1c2nncn2-c2cnc(Cl)nc2N1c1cccc(-c2cncnc2)c1. The molecule has 1 aliphatic heterocycles. The van der Waals surface area contributed by atoms with Gasteiger partial charge < -0.3 is 4.90 Å². The van der Waals surface area contributed by atoms with Crippen molar-refractivity contribution >= 4 is 23.1 Å². The number of benzene rings is 1. The van der Waals surface area contributed by atoms with Gasteiger partial charge in [-0.2, -0.15) is 4.98 Å². The molecule has 4 aromatic rings. The zero-order valence-electron chi connectivity index (χ0n) is 14.9. The molecule has 8 nitrogen and oxygen atoms in total. The van der Waals surface area contributed by atoms with E-state index in [4.69, 9.17) is 11.6 Å². The molecule has 0 bridgehead atoms. The molecular weight excluding hydrogens is 376 g/mol. The number of aromatic nitrogens is 7. The summed E-state index contributed by atoms with van der Waals surface area (Å²) in [6.45, 7) is 2.11. The fourth-order valence-electron chi connectivity index (χ4n) is 3.56. The van der Waals surface area contributed by atoms with Crippen molar-refractivity contribution in [2.45, 2.75) is 19.4 Å². The lowest BCUT2D eigenvalue weighted by atomic mass is 10.0. The van der Waals surface area contributed by atoms with Crippen LogP contribution in [0.2, 0.25) is 5.28 Å².